The van der Waals surface area contributed by atoms with E-state index < -0.39 is 0 Å². The Hall–Kier alpha value is -2.34. The summed E-state index contributed by atoms with van der Waals surface area (Å²) in [4.78, 5) is 10.8. The van der Waals surface area contributed by atoms with Gasteiger partial charge >= 0.3 is 0 Å². The molecule has 3 rings (SSSR count). The third kappa shape index (κ3) is 3.28. The van der Waals surface area contributed by atoms with Gasteiger partial charge in [0.05, 0.1) is 20.3 Å². The normalized spacial score (nSPS) is 18.1. The standard InChI is InChI=1S/C16H20N4O2/c1-12-11-22-10-9-20(12)14-5-3-13(4-6-14)18-16-17-8-7-15(19-16)21-2/h3-8,12H,9-11H2,1-2H3,(H,17,18,19). The average Bonchev–Trinajstić information content (AvgIpc) is 2.56. The van der Waals surface area contributed by atoms with Crippen LogP contribution in [0.5, 0.6) is 5.88 Å². The number of nitrogens with zero attached hydrogens (tertiary/aromatic N) is 3. The fraction of sp³-hybridized carbons (Fsp3) is 0.375. The summed E-state index contributed by atoms with van der Waals surface area (Å²) in [6.45, 7) is 4.65. The highest BCUT2D eigenvalue weighted by atomic mass is 16.5. The van der Waals surface area contributed by atoms with Crippen LogP contribution in [-0.4, -0.2) is 42.9 Å². The van der Waals surface area contributed by atoms with E-state index in [2.05, 4.69) is 39.2 Å². The molecule has 1 aliphatic rings. The number of hydrogen-bond acceptors (Lipinski definition) is 6. The van der Waals surface area contributed by atoms with Crippen LogP contribution in [0.3, 0.4) is 0 Å². The summed E-state index contributed by atoms with van der Waals surface area (Å²) in [5.74, 6) is 1.06. The highest BCUT2D eigenvalue weighted by molar-refractivity contribution is 5.59. The maximum atomic E-state index is 5.48. The summed E-state index contributed by atoms with van der Waals surface area (Å²) in [6.07, 6.45) is 1.66. The number of rotatable bonds is 4. The van der Waals surface area contributed by atoms with E-state index in [0.717, 1.165) is 25.4 Å². The smallest absolute Gasteiger partial charge is 0.230 e. The molecule has 1 aromatic heterocycles. The summed E-state index contributed by atoms with van der Waals surface area (Å²) in [5.41, 5.74) is 2.14. The van der Waals surface area contributed by atoms with Gasteiger partial charge in [-0.05, 0) is 31.2 Å². The average molecular weight is 300 g/mol. The van der Waals surface area contributed by atoms with Crippen LogP contribution < -0.4 is 15.0 Å². The van der Waals surface area contributed by atoms with Gasteiger partial charge in [-0.1, -0.05) is 0 Å². The molecule has 116 valence electrons. The second kappa shape index (κ2) is 6.62. The minimum absolute atomic E-state index is 0.397. The maximum absolute atomic E-state index is 5.48. The summed E-state index contributed by atoms with van der Waals surface area (Å²) in [5, 5.41) is 3.17. The van der Waals surface area contributed by atoms with Gasteiger partial charge in [0.15, 0.2) is 0 Å². The number of methoxy groups -OCH3 is 1. The number of aromatic nitrogens is 2. The van der Waals surface area contributed by atoms with Gasteiger partial charge in [-0.25, -0.2) is 4.98 Å². The fourth-order valence-corrected chi connectivity index (χ4v) is 2.49. The molecule has 0 radical (unpaired) electrons. The number of ether oxygens (including phenoxy) is 2. The van der Waals surface area contributed by atoms with E-state index in [1.165, 1.54) is 5.69 Å². The number of hydrogen-bond donors (Lipinski definition) is 1. The van der Waals surface area contributed by atoms with Crippen molar-refractivity contribution in [3.63, 3.8) is 0 Å². The van der Waals surface area contributed by atoms with Crippen molar-refractivity contribution in [2.75, 3.05) is 37.1 Å². The summed E-state index contributed by atoms with van der Waals surface area (Å²) in [6, 6.07) is 10.4. The Labute approximate surface area is 130 Å². The van der Waals surface area contributed by atoms with Crippen molar-refractivity contribution in [1.29, 1.82) is 0 Å². The molecule has 1 atom stereocenters. The molecule has 1 fully saturated rings. The van der Waals surface area contributed by atoms with Crippen LogP contribution in [0.25, 0.3) is 0 Å². The first kappa shape index (κ1) is 14.6. The molecular formula is C16H20N4O2. The Balaban J connectivity index is 1.71. The summed E-state index contributed by atoms with van der Waals surface area (Å²) in [7, 11) is 1.59. The van der Waals surface area contributed by atoms with Gasteiger partial charge in [0, 0.05) is 36.2 Å². The molecule has 0 bridgehead atoms. The van der Waals surface area contributed by atoms with Crippen molar-refractivity contribution >= 4 is 17.3 Å². The fourth-order valence-electron chi connectivity index (χ4n) is 2.49. The molecule has 0 saturated carbocycles. The second-order valence-electron chi connectivity index (χ2n) is 5.21. The first-order valence-electron chi connectivity index (χ1n) is 7.35. The van der Waals surface area contributed by atoms with Crippen LogP contribution in [0, 0.1) is 0 Å². The molecular weight excluding hydrogens is 280 g/mol. The molecule has 1 saturated heterocycles. The highest BCUT2D eigenvalue weighted by Crippen LogP contribution is 2.23. The van der Waals surface area contributed by atoms with Gasteiger partial charge in [0.25, 0.3) is 0 Å². The zero-order valence-electron chi connectivity index (χ0n) is 12.8. The van der Waals surface area contributed by atoms with Crippen LogP contribution in [0.2, 0.25) is 0 Å². The predicted octanol–water partition coefficient (Wildman–Crippen LogP) is 2.45. The Morgan fingerprint density at radius 2 is 2.09 bits per heavy atom. The van der Waals surface area contributed by atoms with E-state index in [0.29, 0.717) is 17.9 Å². The van der Waals surface area contributed by atoms with E-state index in [1.54, 1.807) is 19.4 Å². The van der Waals surface area contributed by atoms with Gasteiger partial charge < -0.3 is 19.7 Å². The van der Waals surface area contributed by atoms with Crippen molar-refractivity contribution in [1.82, 2.24) is 9.97 Å². The van der Waals surface area contributed by atoms with Crippen molar-refractivity contribution in [2.24, 2.45) is 0 Å². The molecule has 1 unspecified atom stereocenters. The molecule has 1 N–H and O–H groups in total. The van der Waals surface area contributed by atoms with Crippen LogP contribution in [0.4, 0.5) is 17.3 Å². The third-order valence-electron chi connectivity index (χ3n) is 3.66. The molecule has 2 heterocycles. The minimum atomic E-state index is 0.397. The first-order chi connectivity index (χ1) is 10.8. The number of morpholine rings is 1. The number of benzene rings is 1. The van der Waals surface area contributed by atoms with Gasteiger partial charge in [-0.15, -0.1) is 0 Å². The Kier molecular flexibility index (Phi) is 4.39. The minimum Gasteiger partial charge on any atom is -0.481 e. The van der Waals surface area contributed by atoms with Gasteiger partial charge in [-0.3, -0.25) is 0 Å². The quantitative estimate of drug-likeness (QED) is 0.936. The van der Waals surface area contributed by atoms with Crippen LogP contribution in [0.1, 0.15) is 6.92 Å². The number of nitrogens with one attached hydrogen (secondary N) is 1. The third-order valence-corrected chi connectivity index (χ3v) is 3.66. The molecule has 6 nitrogen and oxygen atoms in total. The topological polar surface area (TPSA) is 59.5 Å². The van der Waals surface area contributed by atoms with E-state index in [9.17, 15) is 0 Å². The molecule has 2 aromatic rings. The van der Waals surface area contributed by atoms with E-state index in [1.807, 2.05) is 12.1 Å². The molecule has 1 aromatic carbocycles. The van der Waals surface area contributed by atoms with Crippen molar-refractivity contribution < 1.29 is 9.47 Å². The van der Waals surface area contributed by atoms with E-state index in [-0.39, 0.29) is 0 Å². The molecule has 22 heavy (non-hydrogen) atoms. The maximum Gasteiger partial charge on any atom is 0.230 e. The largest absolute Gasteiger partial charge is 0.481 e. The lowest BCUT2D eigenvalue weighted by atomic mass is 10.2. The molecule has 0 spiro atoms. The number of anilines is 3. The van der Waals surface area contributed by atoms with E-state index >= 15 is 0 Å². The predicted molar refractivity (Wildman–Crippen MR) is 85.9 cm³/mol. The Morgan fingerprint density at radius 3 is 2.82 bits per heavy atom. The highest BCUT2D eigenvalue weighted by Gasteiger charge is 2.18. The van der Waals surface area contributed by atoms with Crippen molar-refractivity contribution in [2.45, 2.75) is 13.0 Å². The first-order valence-corrected chi connectivity index (χ1v) is 7.35. The molecule has 6 heteroatoms. The SMILES string of the molecule is COc1ccnc(Nc2ccc(N3CCOCC3C)cc2)n1. The van der Waals surface area contributed by atoms with E-state index in [4.69, 9.17) is 9.47 Å². The lowest BCUT2D eigenvalue weighted by Crippen LogP contribution is -2.43. The lowest BCUT2D eigenvalue weighted by molar-refractivity contribution is 0.0989. The van der Waals surface area contributed by atoms with Crippen LogP contribution >= 0.6 is 0 Å². The van der Waals surface area contributed by atoms with Gasteiger partial charge in [0.2, 0.25) is 11.8 Å². The molecule has 0 aliphatic carbocycles. The van der Waals surface area contributed by atoms with Crippen molar-refractivity contribution in [3.8, 4) is 5.88 Å². The lowest BCUT2D eigenvalue weighted by Gasteiger charge is -2.35. The molecule has 1 aliphatic heterocycles. The van der Waals surface area contributed by atoms with Crippen LogP contribution in [0.15, 0.2) is 36.5 Å². The van der Waals surface area contributed by atoms with Gasteiger partial charge in [0.1, 0.15) is 0 Å². The zero-order valence-corrected chi connectivity index (χ0v) is 12.8. The summed E-state index contributed by atoms with van der Waals surface area (Å²) >= 11 is 0. The summed E-state index contributed by atoms with van der Waals surface area (Å²) < 4.78 is 10.6. The zero-order chi connectivity index (χ0) is 15.4. The molecule has 0 amide bonds. The van der Waals surface area contributed by atoms with Crippen LogP contribution in [-0.2, 0) is 4.74 Å². The Bertz CT molecular complexity index is 618. The monoisotopic (exact) mass is 300 g/mol. The van der Waals surface area contributed by atoms with Gasteiger partial charge in [-0.2, -0.15) is 4.98 Å². The van der Waals surface area contributed by atoms with Crippen molar-refractivity contribution in [3.05, 3.63) is 36.5 Å². The Morgan fingerprint density at radius 1 is 1.27 bits per heavy atom. The second-order valence-corrected chi connectivity index (χ2v) is 5.21.